The molecule has 4 nitrogen and oxygen atoms in total. The van der Waals surface area contributed by atoms with Gasteiger partial charge in [0.05, 0.1) is 11.9 Å². The smallest absolute Gasteiger partial charge is 0.233 e. The standard InChI is InChI=1S/C6H9N3O/c1-5-2-8-3-6(9-5)10-4-7/h2-3H,4,7H2,1H3. The topological polar surface area (TPSA) is 61.0 Å². The summed E-state index contributed by atoms with van der Waals surface area (Å²) in [4.78, 5) is 7.86. The Morgan fingerprint density at radius 3 is 3.00 bits per heavy atom. The van der Waals surface area contributed by atoms with Crippen molar-refractivity contribution in [2.75, 3.05) is 6.73 Å². The average Bonchev–Trinajstić information content (AvgIpc) is 1.88. The van der Waals surface area contributed by atoms with Gasteiger partial charge in [-0.1, -0.05) is 0 Å². The Balaban J connectivity index is 2.75. The van der Waals surface area contributed by atoms with Crippen LogP contribution >= 0.6 is 0 Å². The number of nitrogens with two attached hydrogens (primary N) is 1. The predicted molar refractivity (Wildman–Crippen MR) is 36.5 cm³/mol. The van der Waals surface area contributed by atoms with Crippen LogP contribution < -0.4 is 10.5 Å². The van der Waals surface area contributed by atoms with Gasteiger partial charge >= 0.3 is 0 Å². The largest absolute Gasteiger partial charge is 0.461 e. The Morgan fingerprint density at radius 2 is 2.40 bits per heavy atom. The fourth-order valence-electron chi connectivity index (χ4n) is 0.595. The number of ether oxygens (including phenoxy) is 1. The van der Waals surface area contributed by atoms with E-state index < -0.39 is 0 Å². The van der Waals surface area contributed by atoms with Crippen molar-refractivity contribution in [1.82, 2.24) is 9.97 Å². The Hall–Kier alpha value is -1.16. The highest BCUT2D eigenvalue weighted by Crippen LogP contribution is 2.01. The van der Waals surface area contributed by atoms with Gasteiger partial charge in [-0.15, -0.1) is 0 Å². The normalized spacial score (nSPS) is 9.40. The minimum absolute atomic E-state index is 0.137. The SMILES string of the molecule is Cc1cncc(OCN)n1. The minimum atomic E-state index is 0.137. The minimum Gasteiger partial charge on any atom is -0.461 e. The van der Waals surface area contributed by atoms with Crippen molar-refractivity contribution in [1.29, 1.82) is 0 Å². The maximum absolute atomic E-state index is 5.12. The molecule has 1 rings (SSSR count). The molecule has 0 atom stereocenters. The van der Waals surface area contributed by atoms with Gasteiger partial charge in [0.2, 0.25) is 5.88 Å². The van der Waals surface area contributed by atoms with Crippen LogP contribution in [-0.4, -0.2) is 16.7 Å². The molecule has 10 heavy (non-hydrogen) atoms. The Kier molecular flexibility index (Phi) is 2.17. The first-order valence-electron chi connectivity index (χ1n) is 2.94. The van der Waals surface area contributed by atoms with Crippen molar-refractivity contribution in [3.05, 3.63) is 18.1 Å². The fourth-order valence-corrected chi connectivity index (χ4v) is 0.595. The van der Waals surface area contributed by atoms with Gasteiger partial charge in [-0.3, -0.25) is 10.7 Å². The van der Waals surface area contributed by atoms with Crippen LogP contribution in [0.15, 0.2) is 12.4 Å². The van der Waals surface area contributed by atoms with Crippen LogP contribution in [0, 0.1) is 6.92 Å². The highest BCUT2D eigenvalue weighted by atomic mass is 16.5. The maximum atomic E-state index is 5.12. The molecule has 0 bridgehead atoms. The second-order valence-electron chi connectivity index (χ2n) is 1.81. The lowest BCUT2D eigenvalue weighted by atomic mass is 10.5. The van der Waals surface area contributed by atoms with Crippen LogP contribution in [0.5, 0.6) is 5.88 Å². The monoisotopic (exact) mass is 139 g/mol. The summed E-state index contributed by atoms with van der Waals surface area (Å²) in [6.07, 6.45) is 3.18. The molecule has 4 heteroatoms. The highest BCUT2D eigenvalue weighted by Gasteiger charge is 1.92. The molecule has 0 aromatic carbocycles. The van der Waals surface area contributed by atoms with Gasteiger partial charge in [-0.05, 0) is 6.92 Å². The van der Waals surface area contributed by atoms with Crippen molar-refractivity contribution in [3.8, 4) is 5.88 Å². The van der Waals surface area contributed by atoms with Gasteiger partial charge in [0.15, 0.2) is 0 Å². The molecule has 2 N–H and O–H groups in total. The lowest BCUT2D eigenvalue weighted by molar-refractivity contribution is 0.314. The first-order valence-corrected chi connectivity index (χ1v) is 2.94. The van der Waals surface area contributed by atoms with E-state index in [0.29, 0.717) is 5.88 Å². The van der Waals surface area contributed by atoms with E-state index in [1.807, 2.05) is 6.92 Å². The van der Waals surface area contributed by atoms with E-state index in [9.17, 15) is 0 Å². The average molecular weight is 139 g/mol. The van der Waals surface area contributed by atoms with Crippen molar-refractivity contribution in [2.24, 2.45) is 5.73 Å². The molecule has 0 saturated carbocycles. The number of hydrogen-bond donors (Lipinski definition) is 1. The molecule has 0 aliphatic heterocycles. The van der Waals surface area contributed by atoms with Crippen molar-refractivity contribution >= 4 is 0 Å². The molecule has 0 unspecified atom stereocenters. The molecular weight excluding hydrogens is 130 g/mol. The lowest BCUT2D eigenvalue weighted by Crippen LogP contribution is -2.08. The molecule has 54 valence electrons. The zero-order valence-electron chi connectivity index (χ0n) is 5.74. The first kappa shape index (κ1) is 6.95. The molecular formula is C6H9N3O. The van der Waals surface area contributed by atoms with E-state index in [0.717, 1.165) is 5.69 Å². The molecule has 0 saturated heterocycles. The molecule has 0 aliphatic carbocycles. The third kappa shape index (κ3) is 1.66. The zero-order valence-corrected chi connectivity index (χ0v) is 5.74. The van der Waals surface area contributed by atoms with Crippen LogP contribution in [-0.2, 0) is 0 Å². The molecule has 0 spiro atoms. The Morgan fingerprint density at radius 1 is 1.60 bits per heavy atom. The predicted octanol–water partition coefficient (Wildman–Crippen LogP) is 0.0800. The van der Waals surface area contributed by atoms with E-state index in [-0.39, 0.29) is 6.73 Å². The van der Waals surface area contributed by atoms with Gasteiger partial charge < -0.3 is 4.74 Å². The third-order valence-electron chi connectivity index (χ3n) is 0.964. The van der Waals surface area contributed by atoms with Gasteiger partial charge in [-0.2, -0.15) is 0 Å². The second kappa shape index (κ2) is 3.12. The summed E-state index contributed by atoms with van der Waals surface area (Å²) < 4.78 is 4.89. The van der Waals surface area contributed by atoms with Gasteiger partial charge in [0.25, 0.3) is 0 Å². The van der Waals surface area contributed by atoms with Gasteiger partial charge in [0.1, 0.15) is 6.73 Å². The maximum Gasteiger partial charge on any atom is 0.233 e. The summed E-state index contributed by atoms with van der Waals surface area (Å²) in [5.41, 5.74) is 5.95. The fraction of sp³-hybridized carbons (Fsp3) is 0.333. The molecule has 0 fully saturated rings. The molecule has 0 amide bonds. The van der Waals surface area contributed by atoms with Crippen LogP contribution in [0.2, 0.25) is 0 Å². The number of aryl methyl sites for hydroxylation is 1. The number of nitrogens with zero attached hydrogens (tertiary/aromatic N) is 2. The molecule has 0 aliphatic rings. The molecule has 1 aromatic heterocycles. The van der Waals surface area contributed by atoms with E-state index >= 15 is 0 Å². The molecule has 1 aromatic rings. The first-order chi connectivity index (χ1) is 4.83. The quantitative estimate of drug-likeness (QED) is 0.589. The van der Waals surface area contributed by atoms with Gasteiger partial charge in [-0.25, -0.2) is 4.98 Å². The lowest BCUT2D eigenvalue weighted by Gasteiger charge is -1.99. The summed E-state index contributed by atoms with van der Waals surface area (Å²) >= 11 is 0. The van der Waals surface area contributed by atoms with Crippen LogP contribution in [0.1, 0.15) is 5.69 Å². The van der Waals surface area contributed by atoms with Crippen LogP contribution in [0.3, 0.4) is 0 Å². The highest BCUT2D eigenvalue weighted by molar-refractivity contribution is 5.06. The number of aromatic nitrogens is 2. The van der Waals surface area contributed by atoms with E-state index in [2.05, 4.69) is 9.97 Å². The Bertz CT molecular complexity index is 214. The summed E-state index contributed by atoms with van der Waals surface area (Å²) in [6, 6.07) is 0. The van der Waals surface area contributed by atoms with E-state index in [4.69, 9.17) is 10.5 Å². The zero-order chi connectivity index (χ0) is 7.40. The number of hydrogen-bond acceptors (Lipinski definition) is 4. The van der Waals surface area contributed by atoms with Crippen LogP contribution in [0.25, 0.3) is 0 Å². The van der Waals surface area contributed by atoms with Crippen molar-refractivity contribution in [2.45, 2.75) is 6.92 Å². The van der Waals surface area contributed by atoms with Crippen molar-refractivity contribution < 1.29 is 4.74 Å². The summed E-state index contributed by atoms with van der Waals surface area (Å²) in [7, 11) is 0. The summed E-state index contributed by atoms with van der Waals surface area (Å²) in [6.45, 7) is 1.98. The Labute approximate surface area is 59.1 Å². The van der Waals surface area contributed by atoms with Crippen molar-refractivity contribution in [3.63, 3.8) is 0 Å². The van der Waals surface area contributed by atoms with E-state index in [1.165, 1.54) is 6.20 Å². The third-order valence-corrected chi connectivity index (χ3v) is 0.964. The summed E-state index contributed by atoms with van der Waals surface area (Å²) in [5.74, 6) is 0.475. The van der Waals surface area contributed by atoms with Gasteiger partial charge in [0, 0.05) is 6.20 Å². The molecule has 1 heterocycles. The van der Waals surface area contributed by atoms with E-state index in [1.54, 1.807) is 6.20 Å². The van der Waals surface area contributed by atoms with Crippen LogP contribution in [0.4, 0.5) is 0 Å². The second-order valence-corrected chi connectivity index (χ2v) is 1.81. The summed E-state index contributed by atoms with van der Waals surface area (Å²) in [5, 5.41) is 0. The number of rotatable bonds is 2. The molecule has 0 radical (unpaired) electrons.